The molecule has 9 heteroatoms. The summed E-state index contributed by atoms with van der Waals surface area (Å²) in [6.45, 7) is 4.91. The van der Waals surface area contributed by atoms with E-state index in [1.165, 1.54) is 11.4 Å². The summed E-state index contributed by atoms with van der Waals surface area (Å²) < 4.78 is 45.4. The number of piperazine rings is 1. The summed E-state index contributed by atoms with van der Waals surface area (Å²) in [7, 11) is -0.531. The molecule has 198 valence electrons. The number of aryl methyl sites for hydroxylation is 1. The number of benzene rings is 3. The Balaban J connectivity index is 1.44. The summed E-state index contributed by atoms with van der Waals surface area (Å²) in [5.41, 5.74) is 2.91. The number of nitrogens with zero attached hydrogens (tertiary/aromatic N) is 2. The van der Waals surface area contributed by atoms with E-state index in [1.807, 2.05) is 61.5 Å². The Labute approximate surface area is 224 Å². The van der Waals surface area contributed by atoms with Crippen LogP contribution in [0.5, 0.6) is 11.5 Å². The van der Waals surface area contributed by atoms with Crippen molar-refractivity contribution in [2.24, 2.45) is 0 Å². The molecule has 0 N–H and O–H groups in total. The molecule has 0 spiro atoms. The normalized spacial score (nSPS) is 15.9. The van der Waals surface area contributed by atoms with Crippen molar-refractivity contribution < 1.29 is 22.6 Å². The zero-order chi connectivity index (χ0) is 26.4. The molecule has 3 aromatic rings. The van der Waals surface area contributed by atoms with E-state index in [0.717, 1.165) is 22.4 Å². The molecule has 1 atom stereocenters. The molecule has 0 aromatic heterocycles. The van der Waals surface area contributed by atoms with Crippen molar-refractivity contribution in [1.29, 1.82) is 0 Å². The molecule has 1 fully saturated rings. The van der Waals surface area contributed by atoms with Crippen molar-refractivity contribution in [2.75, 3.05) is 46.9 Å². The van der Waals surface area contributed by atoms with Crippen molar-refractivity contribution in [3.05, 3.63) is 88.4 Å². The van der Waals surface area contributed by atoms with Crippen LogP contribution < -0.4 is 9.47 Å². The first-order valence-electron chi connectivity index (χ1n) is 12.2. The van der Waals surface area contributed by atoms with Crippen LogP contribution in [0.4, 0.5) is 0 Å². The van der Waals surface area contributed by atoms with Gasteiger partial charge in [-0.2, -0.15) is 4.31 Å². The van der Waals surface area contributed by atoms with Crippen LogP contribution in [0.3, 0.4) is 0 Å². The third-order valence-electron chi connectivity index (χ3n) is 6.52. The molecule has 1 heterocycles. The van der Waals surface area contributed by atoms with Gasteiger partial charge < -0.3 is 14.2 Å². The van der Waals surface area contributed by atoms with E-state index in [-0.39, 0.29) is 11.0 Å². The predicted octanol–water partition coefficient (Wildman–Crippen LogP) is 4.93. The fourth-order valence-electron chi connectivity index (χ4n) is 4.40. The molecule has 3 aromatic carbocycles. The second kappa shape index (κ2) is 12.3. The fraction of sp³-hybridized carbons (Fsp3) is 0.357. The molecule has 0 radical (unpaired) electrons. The smallest absolute Gasteiger partial charge is 0.246 e. The Morgan fingerprint density at radius 2 is 1.65 bits per heavy atom. The van der Waals surface area contributed by atoms with Crippen LogP contribution in [0.15, 0.2) is 71.6 Å². The van der Waals surface area contributed by atoms with Gasteiger partial charge in [0, 0.05) is 37.7 Å². The molecule has 1 aliphatic heterocycles. The number of methoxy groups -OCH3 is 2. The van der Waals surface area contributed by atoms with E-state index in [9.17, 15) is 8.42 Å². The Kier molecular flexibility index (Phi) is 9.10. The first kappa shape index (κ1) is 27.4. The molecule has 0 bridgehead atoms. The number of ether oxygens (including phenoxy) is 3. The van der Waals surface area contributed by atoms with Gasteiger partial charge in [-0.15, -0.1) is 0 Å². The van der Waals surface area contributed by atoms with E-state index >= 15 is 0 Å². The number of hydrogen-bond donors (Lipinski definition) is 0. The Bertz CT molecular complexity index is 1290. The molecule has 0 saturated carbocycles. The van der Waals surface area contributed by atoms with Crippen LogP contribution in [0.25, 0.3) is 0 Å². The highest BCUT2D eigenvalue weighted by atomic mass is 35.5. The average Bonchev–Trinajstić information content (AvgIpc) is 2.92. The molecule has 1 aliphatic rings. The highest BCUT2D eigenvalue weighted by Gasteiger charge is 2.32. The van der Waals surface area contributed by atoms with Crippen molar-refractivity contribution in [2.45, 2.75) is 24.5 Å². The molecule has 7 nitrogen and oxygen atoms in total. The summed E-state index contributed by atoms with van der Waals surface area (Å²) in [5, 5.41) is 0.667. The van der Waals surface area contributed by atoms with Crippen LogP contribution in [-0.2, 0) is 21.4 Å². The molecule has 37 heavy (non-hydrogen) atoms. The van der Waals surface area contributed by atoms with Crippen molar-refractivity contribution in [3.8, 4) is 11.5 Å². The summed E-state index contributed by atoms with van der Waals surface area (Å²) in [4.78, 5) is 2.45. The number of halogens is 1. The van der Waals surface area contributed by atoms with E-state index in [4.69, 9.17) is 25.8 Å². The zero-order valence-electron chi connectivity index (χ0n) is 21.4. The van der Waals surface area contributed by atoms with Gasteiger partial charge in [-0.05, 0) is 60.0 Å². The number of rotatable bonds is 10. The SMILES string of the molecule is COc1cccc(CO[C@@H](CN2CCN(S(=O)(=O)c3cc(C)ccc3OC)CC2)c2ccc(Cl)cc2)c1. The van der Waals surface area contributed by atoms with Crippen LogP contribution in [0, 0.1) is 6.92 Å². The van der Waals surface area contributed by atoms with Crippen LogP contribution in [0.1, 0.15) is 22.8 Å². The average molecular weight is 545 g/mol. The minimum atomic E-state index is -3.67. The fourth-order valence-corrected chi connectivity index (χ4v) is 6.19. The minimum absolute atomic E-state index is 0.205. The highest BCUT2D eigenvalue weighted by Crippen LogP contribution is 2.29. The second-order valence-electron chi connectivity index (χ2n) is 9.06. The van der Waals surface area contributed by atoms with Crippen molar-refractivity contribution in [3.63, 3.8) is 0 Å². The quantitative estimate of drug-likeness (QED) is 0.360. The highest BCUT2D eigenvalue weighted by molar-refractivity contribution is 7.89. The van der Waals surface area contributed by atoms with Gasteiger partial charge in [0.1, 0.15) is 16.4 Å². The zero-order valence-corrected chi connectivity index (χ0v) is 23.0. The first-order chi connectivity index (χ1) is 17.8. The third-order valence-corrected chi connectivity index (χ3v) is 8.69. The topological polar surface area (TPSA) is 68.3 Å². The van der Waals surface area contributed by atoms with E-state index in [0.29, 0.717) is 50.1 Å². The number of hydrogen-bond acceptors (Lipinski definition) is 6. The molecule has 0 amide bonds. The predicted molar refractivity (Wildman–Crippen MR) is 145 cm³/mol. The van der Waals surface area contributed by atoms with Gasteiger partial charge in [-0.1, -0.05) is 41.9 Å². The molecule has 1 saturated heterocycles. The summed E-state index contributed by atoms with van der Waals surface area (Å²) in [6.07, 6.45) is -0.205. The van der Waals surface area contributed by atoms with Gasteiger partial charge in [0.15, 0.2) is 0 Å². The lowest BCUT2D eigenvalue weighted by atomic mass is 10.1. The molecule has 0 unspecified atom stereocenters. The molecule has 4 rings (SSSR count). The minimum Gasteiger partial charge on any atom is -0.497 e. The Hall–Kier alpha value is -2.62. The molecular weight excluding hydrogens is 512 g/mol. The maximum Gasteiger partial charge on any atom is 0.246 e. The maximum atomic E-state index is 13.4. The largest absolute Gasteiger partial charge is 0.497 e. The van der Waals surface area contributed by atoms with E-state index in [2.05, 4.69) is 4.90 Å². The van der Waals surface area contributed by atoms with Gasteiger partial charge in [0.2, 0.25) is 10.0 Å². The lowest BCUT2D eigenvalue weighted by molar-refractivity contribution is 0.00767. The maximum absolute atomic E-state index is 13.4. The van der Waals surface area contributed by atoms with Gasteiger partial charge in [0.25, 0.3) is 0 Å². The van der Waals surface area contributed by atoms with E-state index < -0.39 is 10.0 Å². The summed E-state index contributed by atoms with van der Waals surface area (Å²) in [6, 6.07) is 20.7. The molecular formula is C28H33ClN2O5S. The van der Waals surface area contributed by atoms with E-state index in [1.54, 1.807) is 19.2 Å². The van der Waals surface area contributed by atoms with Crippen LogP contribution in [-0.4, -0.2) is 64.6 Å². The van der Waals surface area contributed by atoms with Crippen LogP contribution >= 0.6 is 11.6 Å². The lowest BCUT2D eigenvalue weighted by Gasteiger charge is -2.36. The van der Waals surface area contributed by atoms with Gasteiger partial charge in [-0.25, -0.2) is 8.42 Å². The van der Waals surface area contributed by atoms with Crippen LogP contribution in [0.2, 0.25) is 5.02 Å². The van der Waals surface area contributed by atoms with Crippen molar-refractivity contribution in [1.82, 2.24) is 9.21 Å². The Morgan fingerprint density at radius 1 is 0.919 bits per heavy atom. The molecule has 0 aliphatic carbocycles. The van der Waals surface area contributed by atoms with Gasteiger partial charge >= 0.3 is 0 Å². The monoisotopic (exact) mass is 544 g/mol. The van der Waals surface area contributed by atoms with Crippen molar-refractivity contribution >= 4 is 21.6 Å². The summed E-state index contributed by atoms with van der Waals surface area (Å²) >= 11 is 6.12. The second-order valence-corrected chi connectivity index (χ2v) is 11.4. The third kappa shape index (κ3) is 6.83. The van der Waals surface area contributed by atoms with Gasteiger partial charge in [-0.3, -0.25) is 4.90 Å². The Morgan fingerprint density at radius 3 is 2.32 bits per heavy atom. The lowest BCUT2D eigenvalue weighted by Crippen LogP contribution is -2.49. The summed E-state index contributed by atoms with van der Waals surface area (Å²) in [5.74, 6) is 1.15. The first-order valence-corrected chi connectivity index (χ1v) is 14.0. The standard InChI is InChI=1S/C28H33ClN2O5S/c1-21-7-12-26(35-3)28(17-21)37(32,33)31-15-13-30(14-16-31)19-27(23-8-10-24(29)11-9-23)36-20-22-5-4-6-25(18-22)34-2/h4-12,17-18,27H,13-16,19-20H2,1-3H3/t27-/m0/s1. The number of sulfonamides is 1. The van der Waals surface area contributed by atoms with Gasteiger partial charge in [0.05, 0.1) is 26.9 Å².